The maximum Gasteiger partial charge on any atom is 0.331 e. The lowest BCUT2D eigenvalue weighted by atomic mass is 10.2. The molecule has 0 radical (unpaired) electrons. The van der Waals surface area contributed by atoms with E-state index >= 15 is 0 Å². The lowest BCUT2D eigenvalue weighted by Gasteiger charge is -2.32. The highest BCUT2D eigenvalue weighted by atomic mass is 31.2. The highest BCUT2D eigenvalue weighted by molar-refractivity contribution is 7.53. The van der Waals surface area contributed by atoms with Crippen molar-refractivity contribution in [2.24, 2.45) is 0 Å². The van der Waals surface area contributed by atoms with Gasteiger partial charge in [0.1, 0.15) is 13.2 Å². The number of anilines is 1. The largest absolute Gasteiger partial charge is 0.480 e. The molecule has 3 rings (SSSR count). The van der Waals surface area contributed by atoms with Gasteiger partial charge >= 0.3 is 13.6 Å². The summed E-state index contributed by atoms with van der Waals surface area (Å²) in [4.78, 5) is 24.5. The average molecular weight is 534 g/mol. The summed E-state index contributed by atoms with van der Waals surface area (Å²) in [6.45, 7) is 11.4. The van der Waals surface area contributed by atoms with E-state index in [-0.39, 0.29) is 31.1 Å². The van der Waals surface area contributed by atoms with E-state index in [9.17, 15) is 14.5 Å². The quantitative estimate of drug-likeness (QED) is 0.238. The van der Waals surface area contributed by atoms with Gasteiger partial charge in [0.15, 0.2) is 11.2 Å². The van der Waals surface area contributed by atoms with Gasteiger partial charge in [-0.3, -0.25) is 9.36 Å². The molecule has 0 bridgehead atoms. The number of hydrogen-bond donors (Lipinski definition) is 2. The lowest BCUT2D eigenvalue weighted by Crippen LogP contribution is -2.25. The molecule has 37 heavy (non-hydrogen) atoms. The lowest BCUT2D eigenvalue weighted by molar-refractivity contribution is -0.137. The Morgan fingerprint density at radius 1 is 1.05 bits per heavy atom. The molecular weight excluding hydrogens is 497 g/mol. The molecule has 0 aliphatic carbocycles. The van der Waals surface area contributed by atoms with E-state index in [0.717, 1.165) is 5.56 Å². The van der Waals surface area contributed by atoms with Crippen LogP contribution in [0.25, 0.3) is 11.2 Å². The molecule has 3 aromatic rings. The van der Waals surface area contributed by atoms with Gasteiger partial charge in [0.2, 0.25) is 11.8 Å². The van der Waals surface area contributed by atoms with Crippen LogP contribution in [0.4, 0.5) is 5.95 Å². The third-order valence-electron chi connectivity index (χ3n) is 4.67. The maximum absolute atomic E-state index is 13.4. The van der Waals surface area contributed by atoms with Crippen molar-refractivity contribution in [2.75, 3.05) is 18.0 Å². The zero-order valence-corrected chi connectivity index (χ0v) is 23.1. The summed E-state index contributed by atoms with van der Waals surface area (Å²) in [6, 6.07) is 9.60. The molecule has 0 atom stereocenters. The van der Waals surface area contributed by atoms with Crippen LogP contribution in [0, 0.1) is 0 Å². The second kappa shape index (κ2) is 11.6. The minimum absolute atomic E-state index is 0.199. The topological polar surface area (TPSA) is 138 Å². The number of carboxylic acid groups (broad SMARTS) is 1. The number of aromatic nitrogens is 4. The Bertz CT molecular complexity index is 1230. The van der Waals surface area contributed by atoms with Crippen LogP contribution in [0.5, 0.6) is 5.88 Å². The summed E-state index contributed by atoms with van der Waals surface area (Å²) in [7, 11) is -3.38. The number of benzene rings is 1. The molecule has 2 heterocycles. The summed E-state index contributed by atoms with van der Waals surface area (Å²) < 4.78 is 32.4. The number of carbonyl (C=O) groups is 1. The molecule has 0 aliphatic rings. The normalized spacial score (nSPS) is 12.6. The van der Waals surface area contributed by atoms with E-state index in [1.54, 1.807) is 0 Å². The minimum Gasteiger partial charge on any atom is -0.480 e. The summed E-state index contributed by atoms with van der Waals surface area (Å²) in [6.07, 6.45) is 2.06. The van der Waals surface area contributed by atoms with Gasteiger partial charge < -0.3 is 28.8 Å². The van der Waals surface area contributed by atoms with Gasteiger partial charge in [-0.2, -0.15) is 9.97 Å². The van der Waals surface area contributed by atoms with Crippen molar-refractivity contribution in [2.45, 2.75) is 72.3 Å². The predicted octanol–water partition coefficient (Wildman–Crippen LogP) is 5.12. The number of hydrogen-bond acceptors (Lipinski definition) is 9. The summed E-state index contributed by atoms with van der Waals surface area (Å²) in [5, 5.41) is 12.4. The SMILES string of the molecule is CC(C)(C)OP(=O)(CCCNc1nc(OCc2ccccc2)c2ncn(CC(=O)O)c2n1)OC(C)(C)C. The van der Waals surface area contributed by atoms with E-state index in [4.69, 9.17) is 13.8 Å². The van der Waals surface area contributed by atoms with Crippen molar-refractivity contribution in [3.63, 3.8) is 0 Å². The molecule has 12 heteroatoms. The number of rotatable bonds is 12. The fourth-order valence-corrected chi connectivity index (χ4v) is 5.94. The van der Waals surface area contributed by atoms with Crippen LogP contribution < -0.4 is 10.1 Å². The Morgan fingerprint density at radius 3 is 2.30 bits per heavy atom. The van der Waals surface area contributed by atoms with Gasteiger partial charge in [0.05, 0.1) is 23.7 Å². The van der Waals surface area contributed by atoms with E-state index in [0.29, 0.717) is 24.1 Å². The van der Waals surface area contributed by atoms with Crippen LogP contribution in [-0.4, -0.2) is 54.5 Å². The molecule has 1 aromatic carbocycles. The first kappa shape index (κ1) is 28.6. The van der Waals surface area contributed by atoms with Crippen LogP contribution in [0.1, 0.15) is 53.5 Å². The molecule has 0 saturated heterocycles. The number of carboxylic acids is 1. The molecule has 0 amide bonds. The smallest absolute Gasteiger partial charge is 0.331 e. The second-order valence-corrected chi connectivity index (χ2v) is 12.6. The number of nitrogens with zero attached hydrogens (tertiary/aromatic N) is 4. The Labute approximate surface area is 217 Å². The molecule has 0 saturated carbocycles. The molecule has 2 aromatic heterocycles. The van der Waals surface area contributed by atoms with Gasteiger partial charge in [0, 0.05) is 6.54 Å². The van der Waals surface area contributed by atoms with Gasteiger partial charge in [-0.25, -0.2) is 4.98 Å². The summed E-state index contributed by atoms with van der Waals surface area (Å²) >= 11 is 0. The van der Waals surface area contributed by atoms with Crippen LogP contribution in [0.15, 0.2) is 36.7 Å². The molecule has 0 aliphatic heterocycles. The Morgan fingerprint density at radius 2 is 1.70 bits per heavy atom. The summed E-state index contributed by atoms with van der Waals surface area (Å²) in [5.74, 6) is -0.545. The molecule has 2 N–H and O–H groups in total. The number of ether oxygens (including phenoxy) is 1. The second-order valence-electron chi connectivity index (χ2n) is 10.6. The van der Waals surface area contributed by atoms with Crippen LogP contribution in [-0.2, 0) is 31.6 Å². The van der Waals surface area contributed by atoms with Crippen LogP contribution in [0.2, 0.25) is 0 Å². The number of fused-ring (bicyclic) bond motifs is 1. The van der Waals surface area contributed by atoms with Crippen LogP contribution >= 0.6 is 7.60 Å². The Hall–Kier alpha value is -3.01. The van der Waals surface area contributed by atoms with E-state index < -0.39 is 24.8 Å². The van der Waals surface area contributed by atoms with Crippen LogP contribution in [0.3, 0.4) is 0 Å². The standard InChI is InChI=1S/C25H36N5O6P/c1-24(2,3)35-37(33,36-25(4,5)6)14-10-13-26-23-28-21-20(27-17-30(21)15-19(31)32)22(29-23)34-16-18-11-8-7-9-12-18/h7-9,11-12,17H,10,13-16H2,1-6H3,(H,31,32)(H,26,28,29). The predicted molar refractivity (Wildman–Crippen MR) is 141 cm³/mol. The number of imidazole rings is 1. The van der Waals surface area contributed by atoms with E-state index in [2.05, 4.69) is 20.3 Å². The molecule has 0 unspecified atom stereocenters. The van der Waals surface area contributed by atoms with Crippen molar-refractivity contribution in [3.05, 3.63) is 42.2 Å². The Balaban J connectivity index is 1.76. The molecular formula is C25H36N5O6P. The van der Waals surface area contributed by atoms with Crippen molar-refractivity contribution >= 4 is 30.7 Å². The molecule has 202 valence electrons. The van der Waals surface area contributed by atoms with Gasteiger partial charge in [-0.05, 0) is 53.5 Å². The number of nitrogens with one attached hydrogen (secondary N) is 1. The number of aliphatic carboxylic acids is 1. The zero-order chi connectivity index (χ0) is 27.3. The highest BCUT2D eigenvalue weighted by Gasteiger charge is 2.34. The minimum atomic E-state index is -3.38. The third-order valence-corrected chi connectivity index (χ3v) is 7.19. The van der Waals surface area contributed by atoms with Crippen molar-refractivity contribution in [3.8, 4) is 5.88 Å². The van der Waals surface area contributed by atoms with Crippen molar-refractivity contribution in [1.82, 2.24) is 19.5 Å². The van der Waals surface area contributed by atoms with Gasteiger partial charge in [-0.1, -0.05) is 30.3 Å². The molecule has 0 fully saturated rings. The van der Waals surface area contributed by atoms with E-state index in [1.165, 1.54) is 10.9 Å². The van der Waals surface area contributed by atoms with Crippen molar-refractivity contribution in [1.29, 1.82) is 0 Å². The first-order valence-electron chi connectivity index (χ1n) is 12.1. The first-order valence-corrected chi connectivity index (χ1v) is 13.8. The monoisotopic (exact) mass is 533 g/mol. The first-order chi connectivity index (χ1) is 17.2. The van der Waals surface area contributed by atoms with Gasteiger partial charge in [-0.15, -0.1) is 0 Å². The van der Waals surface area contributed by atoms with Gasteiger partial charge in [0.25, 0.3) is 0 Å². The fourth-order valence-electron chi connectivity index (χ4n) is 3.50. The van der Waals surface area contributed by atoms with Crippen molar-refractivity contribution < 1.29 is 28.3 Å². The molecule has 0 spiro atoms. The zero-order valence-electron chi connectivity index (χ0n) is 22.2. The molecule has 11 nitrogen and oxygen atoms in total. The summed E-state index contributed by atoms with van der Waals surface area (Å²) in [5.41, 5.74) is 0.388. The Kier molecular flexibility index (Phi) is 8.94. The average Bonchev–Trinajstić information content (AvgIpc) is 3.15. The third kappa shape index (κ3) is 9.10. The fraction of sp³-hybridized carbons (Fsp3) is 0.520. The maximum atomic E-state index is 13.4. The van der Waals surface area contributed by atoms with E-state index in [1.807, 2.05) is 71.9 Å². The highest BCUT2D eigenvalue weighted by Crippen LogP contribution is 2.54.